The van der Waals surface area contributed by atoms with Crippen LogP contribution in [-0.4, -0.2) is 70.2 Å². The minimum absolute atomic E-state index is 0.0468. The number of imidazole rings is 1. The van der Waals surface area contributed by atoms with Crippen LogP contribution < -0.4 is 4.74 Å². The Labute approximate surface area is 243 Å². The zero-order chi connectivity index (χ0) is 28.8. The second-order valence-corrected chi connectivity index (χ2v) is 10.8. The van der Waals surface area contributed by atoms with E-state index in [2.05, 4.69) is 44.8 Å². The number of carbonyl (C=O) groups excluding carboxylic acids is 1. The highest BCUT2D eigenvalue weighted by Crippen LogP contribution is 2.36. The first-order chi connectivity index (χ1) is 20.1. The van der Waals surface area contributed by atoms with Gasteiger partial charge in [-0.15, -0.1) is 0 Å². The maximum atomic E-state index is 12.9. The molecule has 4 aromatic rings. The van der Waals surface area contributed by atoms with Gasteiger partial charge in [-0.1, -0.05) is 42.5 Å². The number of amides is 1. The highest BCUT2D eigenvalue weighted by atomic mass is 16.5. The molecule has 0 saturated carbocycles. The summed E-state index contributed by atoms with van der Waals surface area (Å²) >= 11 is 0. The first-order valence-corrected chi connectivity index (χ1v) is 14.9. The Morgan fingerprint density at radius 1 is 1.00 bits per heavy atom. The number of carbonyl (C=O) groups is 1. The number of ether oxygens (including phenoxy) is 1. The van der Waals surface area contributed by atoms with Gasteiger partial charge >= 0.3 is 0 Å². The van der Waals surface area contributed by atoms with E-state index >= 15 is 0 Å². The summed E-state index contributed by atoms with van der Waals surface area (Å²) in [5.74, 6) is 1.88. The number of aliphatic hydroxyl groups is 1. The predicted octanol–water partition coefficient (Wildman–Crippen LogP) is 5.88. The molecule has 7 heteroatoms. The van der Waals surface area contributed by atoms with Crippen molar-refractivity contribution in [2.24, 2.45) is 0 Å². The van der Waals surface area contributed by atoms with Crippen molar-refractivity contribution < 1.29 is 14.6 Å². The van der Waals surface area contributed by atoms with E-state index in [1.807, 2.05) is 61.2 Å². The number of nitrogens with zero attached hydrogens (tertiary/aromatic N) is 4. The third-order valence-corrected chi connectivity index (χ3v) is 8.59. The third-order valence-electron chi connectivity index (χ3n) is 8.59. The molecule has 0 bridgehead atoms. The molecule has 1 N–H and O–H groups in total. The van der Waals surface area contributed by atoms with Crippen LogP contribution in [0.15, 0.2) is 72.8 Å². The highest BCUT2D eigenvalue weighted by Gasteiger charge is 2.26. The van der Waals surface area contributed by atoms with E-state index in [0.717, 1.165) is 67.1 Å². The van der Waals surface area contributed by atoms with Gasteiger partial charge in [-0.05, 0) is 75.5 Å². The van der Waals surface area contributed by atoms with Gasteiger partial charge in [-0.3, -0.25) is 4.79 Å². The van der Waals surface area contributed by atoms with Crippen molar-refractivity contribution >= 4 is 16.9 Å². The van der Waals surface area contributed by atoms with Crippen LogP contribution in [0.2, 0.25) is 0 Å². The number of piperidine rings is 1. The zero-order valence-electron chi connectivity index (χ0n) is 24.5. The molecule has 1 saturated heterocycles. The first-order valence-electron chi connectivity index (χ1n) is 14.9. The van der Waals surface area contributed by atoms with E-state index in [-0.39, 0.29) is 18.4 Å². The first kappa shape index (κ1) is 28.8. The number of methoxy groups -OCH3 is 1. The second-order valence-electron chi connectivity index (χ2n) is 10.8. The molecule has 1 amide bonds. The standard InChI is InChI=1S/C34H42N4O3/c1-4-37(5-2)34(40)26-16-14-25(15-17-26)28(29-10-6-9-13-32(29)41-3)20-23-36-21-18-27(19-22-36)38-31-12-8-7-11-30(31)35-33(38)24-39/h6-17,27-28,39H,4-5,18-24H2,1-3H3. The summed E-state index contributed by atoms with van der Waals surface area (Å²) < 4.78 is 8.03. The molecule has 0 radical (unpaired) electrons. The quantitative estimate of drug-likeness (QED) is 0.251. The molecule has 216 valence electrons. The number of hydrogen-bond donors (Lipinski definition) is 1. The lowest BCUT2D eigenvalue weighted by molar-refractivity contribution is 0.0773. The molecule has 1 fully saturated rings. The number of benzene rings is 3. The largest absolute Gasteiger partial charge is 0.496 e. The molecule has 41 heavy (non-hydrogen) atoms. The van der Waals surface area contributed by atoms with Gasteiger partial charge in [0.05, 0.1) is 18.1 Å². The van der Waals surface area contributed by atoms with E-state index in [1.165, 1.54) is 11.1 Å². The molecule has 0 spiro atoms. The van der Waals surface area contributed by atoms with E-state index < -0.39 is 0 Å². The van der Waals surface area contributed by atoms with Crippen molar-refractivity contribution in [1.82, 2.24) is 19.4 Å². The summed E-state index contributed by atoms with van der Waals surface area (Å²) in [5.41, 5.74) is 5.15. The Hall–Kier alpha value is -3.68. The minimum atomic E-state index is -0.0468. The van der Waals surface area contributed by atoms with Crippen molar-refractivity contribution in [3.05, 3.63) is 95.3 Å². The SMILES string of the molecule is CCN(CC)C(=O)c1ccc(C(CCN2CCC(n3c(CO)nc4ccccc43)CC2)c2ccccc2OC)cc1. The molecule has 1 unspecified atom stereocenters. The molecule has 1 aromatic heterocycles. The molecule has 5 rings (SSSR count). The molecule has 2 heterocycles. The summed E-state index contributed by atoms with van der Waals surface area (Å²) in [6.07, 6.45) is 2.99. The molecular weight excluding hydrogens is 512 g/mol. The minimum Gasteiger partial charge on any atom is -0.496 e. The van der Waals surface area contributed by atoms with Gasteiger partial charge in [0.15, 0.2) is 0 Å². The van der Waals surface area contributed by atoms with Crippen molar-refractivity contribution in [3.63, 3.8) is 0 Å². The molecule has 7 nitrogen and oxygen atoms in total. The fourth-order valence-electron chi connectivity index (χ4n) is 6.33. The molecule has 1 atom stereocenters. The molecule has 3 aromatic carbocycles. The van der Waals surface area contributed by atoms with Crippen molar-refractivity contribution in [2.45, 2.75) is 51.7 Å². The van der Waals surface area contributed by atoms with Gasteiger partial charge in [0.1, 0.15) is 18.2 Å². The molecule has 1 aliphatic heterocycles. The Balaban J connectivity index is 1.31. The van der Waals surface area contributed by atoms with Crippen LogP contribution in [0.5, 0.6) is 5.75 Å². The van der Waals surface area contributed by atoms with Crippen LogP contribution in [0.25, 0.3) is 11.0 Å². The maximum Gasteiger partial charge on any atom is 0.253 e. The summed E-state index contributed by atoms with van der Waals surface area (Å²) in [7, 11) is 1.73. The smallest absolute Gasteiger partial charge is 0.253 e. The fraction of sp³-hybridized carbons (Fsp3) is 0.412. The Bertz CT molecular complexity index is 1440. The van der Waals surface area contributed by atoms with E-state index in [1.54, 1.807) is 7.11 Å². The lowest BCUT2D eigenvalue weighted by Gasteiger charge is -2.34. The number of rotatable bonds is 11. The lowest BCUT2D eigenvalue weighted by atomic mass is 9.87. The monoisotopic (exact) mass is 554 g/mol. The number of aliphatic hydroxyl groups excluding tert-OH is 1. The van der Waals surface area contributed by atoms with E-state index in [4.69, 9.17) is 4.74 Å². The lowest BCUT2D eigenvalue weighted by Crippen LogP contribution is -2.36. The Kier molecular flexibility index (Phi) is 9.37. The Morgan fingerprint density at radius 3 is 2.37 bits per heavy atom. The van der Waals surface area contributed by atoms with E-state index in [9.17, 15) is 9.90 Å². The molecule has 0 aliphatic carbocycles. The van der Waals surface area contributed by atoms with Crippen LogP contribution in [-0.2, 0) is 6.61 Å². The van der Waals surface area contributed by atoms with Crippen molar-refractivity contribution in [1.29, 1.82) is 0 Å². The Morgan fingerprint density at radius 2 is 1.68 bits per heavy atom. The van der Waals surface area contributed by atoms with Gasteiger partial charge in [0.2, 0.25) is 0 Å². The second kappa shape index (κ2) is 13.3. The summed E-state index contributed by atoms with van der Waals surface area (Å²) in [6, 6.07) is 24.9. The van der Waals surface area contributed by atoms with Crippen LogP contribution in [0.4, 0.5) is 0 Å². The van der Waals surface area contributed by atoms with Gasteiger partial charge in [-0.2, -0.15) is 0 Å². The number of hydrogen-bond acceptors (Lipinski definition) is 5. The van der Waals surface area contributed by atoms with Crippen LogP contribution in [0.1, 0.15) is 72.4 Å². The van der Waals surface area contributed by atoms with Gasteiger partial charge < -0.3 is 24.2 Å². The average molecular weight is 555 g/mol. The number of para-hydroxylation sites is 3. The fourth-order valence-corrected chi connectivity index (χ4v) is 6.33. The number of fused-ring (bicyclic) bond motifs is 1. The highest BCUT2D eigenvalue weighted by molar-refractivity contribution is 5.94. The van der Waals surface area contributed by atoms with Gasteiger partial charge in [-0.25, -0.2) is 4.98 Å². The van der Waals surface area contributed by atoms with Crippen LogP contribution in [0.3, 0.4) is 0 Å². The van der Waals surface area contributed by atoms with Crippen molar-refractivity contribution in [3.8, 4) is 5.75 Å². The van der Waals surface area contributed by atoms with Crippen LogP contribution in [0, 0.1) is 0 Å². The van der Waals surface area contributed by atoms with E-state index in [0.29, 0.717) is 19.1 Å². The number of likely N-dealkylation sites (tertiary alicyclic amines) is 1. The average Bonchev–Trinajstić information content (AvgIpc) is 3.41. The molecule has 1 aliphatic rings. The number of aromatic nitrogens is 2. The maximum absolute atomic E-state index is 12.9. The van der Waals surface area contributed by atoms with Gasteiger partial charge in [0, 0.05) is 49.3 Å². The summed E-state index contributed by atoms with van der Waals surface area (Å²) in [6.45, 7) is 8.35. The predicted molar refractivity (Wildman–Crippen MR) is 164 cm³/mol. The summed E-state index contributed by atoms with van der Waals surface area (Å²) in [5, 5.41) is 9.98. The summed E-state index contributed by atoms with van der Waals surface area (Å²) in [4.78, 5) is 22.0. The topological polar surface area (TPSA) is 70.8 Å². The molecular formula is C34H42N4O3. The van der Waals surface area contributed by atoms with Gasteiger partial charge in [0.25, 0.3) is 5.91 Å². The zero-order valence-corrected chi connectivity index (χ0v) is 24.5. The normalized spacial score (nSPS) is 15.2. The van der Waals surface area contributed by atoms with Crippen LogP contribution >= 0.6 is 0 Å². The van der Waals surface area contributed by atoms with Crippen molar-refractivity contribution in [2.75, 3.05) is 39.8 Å². The third kappa shape index (κ3) is 6.16.